The van der Waals surface area contributed by atoms with Gasteiger partial charge in [-0.25, -0.2) is 13.6 Å². The van der Waals surface area contributed by atoms with Crippen LogP contribution >= 0.6 is 0 Å². The van der Waals surface area contributed by atoms with Crippen LogP contribution in [0.25, 0.3) is 0 Å². The molecule has 2 atom stereocenters. The number of carbonyl (C=O) groups excluding carboxylic acids is 1. The van der Waals surface area contributed by atoms with E-state index in [0.29, 0.717) is 0 Å². The summed E-state index contributed by atoms with van der Waals surface area (Å²) >= 11 is 0. The zero-order valence-electron chi connectivity index (χ0n) is 9.67. The maximum Gasteiger partial charge on any atom is 0.326 e. The van der Waals surface area contributed by atoms with E-state index in [1.54, 1.807) is 19.1 Å². The first-order valence-corrected chi connectivity index (χ1v) is 5.27. The highest BCUT2D eigenvalue weighted by Crippen LogP contribution is 2.60. The molecule has 96 valence electrons. The highest BCUT2D eigenvalue weighted by atomic mass is 19.3. The van der Waals surface area contributed by atoms with Crippen molar-refractivity contribution in [3.8, 4) is 0 Å². The summed E-state index contributed by atoms with van der Waals surface area (Å²) in [5.41, 5.74) is -1.75. The number of hydrogen-bond donors (Lipinski definition) is 2. The molecule has 4 nitrogen and oxygen atoms in total. The van der Waals surface area contributed by atoms with Gasteiger partial charge in [0.1, 0.15) is 11.5 Å². The van der Waals surface area contributed by atoms with E-state index in [1.807, 2.05) is 0 Å². The first kappa shape index (κ1) is 13.6. The number of nitrogens with one attached hydrogen (secondary N) is 1. The van der Waals surface area contributed by atoms with Crippen LogP contribution in [0.5, 0.6) is 0 Å². The number of alkyl halides is 2. The van der Waals surface area contributed by atoms with Gasteiger partial charge in [0.25, 0.3) is 5.92 Å². The largest absolute Gasteiger partial charge is 0.480 e. The summed E-state index contributed by atoms with van der Waals surface area (Å²) < 4.78 is 25.8. The Bertz CT molecular complexity index is 368. The van der Waals surface area contributed by atoms with Crippen LogP contribution in [0.3, 0.4) is 0 Å². The molecule has 0 aliphatic heterocycles. The molecule has 1 saturated carbocycles. The molecule has 1 fully saturated rings. The van der Waals surface area contributed by atoms with Gasteiger partial charge in [0.05, 0.1) is 0 Å². The van der Waals surface area contributed by atoms with Gasteiger partial charge in [-0.05, 0) is 20.3 Å². The maximum absolute atomic E-state index is 12.9. The normalized spacial score (nSPS) is 27.8. The average molecular weight is 247 g/mol. The van der Waals surface area contributed by atoms with Crippen LogP contribution < -0.4 is 5.32 Å². The molecule has 0 radical (unpaired) electrons. The van der Waals surface area contributed by atoms with E-state index >= 15 is 0 Å². The zero-order chi connectivity index (χ0) is 13.3. The Balaban J connectivity index is 2.63. The van der Waals surface area contributed by atoms with Crippen molar-refractivity contribution in [3.63, 3.8) is 0 Å². The van der Waals surface area contributed by atoms with Crippen molar-refractivity contribution in [2.24, 2.45) is 5.41 Å². The minimum atomic E-state index is -3.03. The Morgan fingerprint density at radius 3 is 2.41 bits per heavy atom. The van der Waals surface area contributed by atoms with E-state index in [0.717, 1.165) is 6.92 Å². The summed E-state index contributed by atoms with van der Waals surface area (Å²) in [5.74, 6) is -5.16. The van der Waals surface area contributed by atoms with E-state index in [9.17, 15) is 18.4 Å². The molecule has 1 aliphatic carbocycles. The molecule has 0 aromatic heterocycles. The number of carboxylic acid groups (broad SMARTS) is 1. The molecule has 1 amide bonds. The van der Waals surface area contributed by atoms with Gasteiger partial charge in [-0.2, -0.15) is 0 Å². The molecule has 0 spiro atoms. The quantitative estimate of drug-likeness (QED) is 0.725. The van der Waals surface area contributed by atoms with E-state index < -0.39 is 35.7 Å². The molecule has 17 heavy (non-hydrogen) atoms. The van der Waals surface area contributed by atoms with Gasteiger partial charge < -0.3 is 10.4 Å². The molecule has 0 aromatic rings. The lowest BCUT2D eigenvalue weighted by Gasteiger charge is -2.16. The number of halogens is 2. The van der Waals surface area contributed by atoms with Crippen molar-refractivity contribution in [2.45, 2.75) is 38.7 Å². The standard InChI is InChI=1S/C11H15F2NO3/c1-3-4-5-7(8(15)16)14-9(17)10(2)6-11(10,12)13/h3-4,7H,5-6H2,1-2H3,(H,14,17)(H,15,16)/b4-3+. The number of hydrogen-bond acceptors (Lipinski definition) is 2. The van der Waals surface area contributed by atoms with Crippen LogP contribution in [0.15, 0.2) is 12.2 Å². The lowest BCUT2D eigenvalue weighted by molar-refractivity contribution is -0.143. The van der Waals surface area contributed by atoms with Crippen LogP contribution in [0.1, 0.15) is 26.7 Å². The Hall–Kier alpha value is -1.46. The van der Waals surface area contributed by atoms with Gasteiger partial charge >= 0.3 is 5.97 Å². The van der Waals surface area contributed by atoms with Gasteiger partial charge in [-0.1, -0.05) is 12.2 Å². The molecule has 1 rings (SSSR count). The molecule has 0 heterocycles. The minimum Gasteiger partial charge on any atom is -0.480 e. The number of allylic oxidation sites excluding steroid dienone is 1. The predicted octanol–water partition coefficient (Wildman–Crippen LogP) is 1.57. The smallest absolute Gasteiger partial charge is 0.326 e. The summed E-state index contributed by atoms with van der Waals surface area (Å²) in [6.45, 7) is 2.84. The van der Waals surface area contributed by atoms with Crippen molar-refractivity contribution in [2.75, 3.05) is 0 Å². The summed E-state index contributed by atoms with van der Waals surface area (Å²) in [5, 5.41) is 11.0. The second-order valence-corrected chi connectivity index (χ2v) is 4.38. The number of carboxylic acids is 1. The van der Waals surface area contributed by atoms with Gasteiger partial charge in [-0.3, -0.25) is 4.79 Å². The van der Waals surface area contributed by atoms with Crippen molar-refractivity contribution in [3.05, 3.63) is 12.2 Å². The van der Waals surface area contributed by atoms with Crippen LogP contribution in [0.4, 0.5) is 8.78 Å². The van der Waals surface area contributed by atoms with Crippen molar-refractivity contribution in [1.29, 1.82) is 0 Å². The van der Waals surface area contributed by atoms with Gasteiger partial charge in [-0.15, -0.1) is 0 Å². The van der Waals surface area contributed by atoms with Gasteiger partial charge in [0.15, 0.2) is 0 Å². The highest BCUT2D eigenvalue weighted by molar-refractivity contribution is 5.90. The Kier molecular flexibility index (Phi) is 3.54. The lowest BCUT2D eigenvalue weighted by Crippen LogP contribution is -2.44. The van der Waals surface area contributed by atoms with Crippen LogP contribution in [0.2, 0.25) is 0 Å². The molecule has 6 heteroatoms. The molecular weight excluding hydrogens is 232 g/mol. The van der Waals surface area contributed by atoms with E-state index in [4.69, 9.17) is 5.11 Å². The first-order valence-electron chi connectivity index (χ1n) is 5.27. The molecule has 0 saturated heterocycles. The third kappa shape index (κ3) is 2.62. The molecule has 0 bridgehead atoms. The SMILES string of the molecule is C/C=C/CC(NC(=O)C1(C)CC1(F)F)C(=O)O. The Morgan fingerprint density at radius 2 is 2.06 bits per heavy atom. The number of carbonyl (C=O) groups is 2. The summed E-state index contributed by atoms with van der Waals surface area (Å²) in [6.07, 6.45) is 2.75. The summed E-state index contributed by atoms with van der Waals surface area (Å²) in [7, 11) is 0. The van der Waals surface area contributed by atoms with Crippen LogP contribution in [-0.4, -0.2) is 28.9 Å². The molecular formula is C11H15F2NO3. The van der Waals surface area contributed by atoms with E-state index in [1.165, 1.54) is 0 Å². The molecule has 1 aliphatic rings. The molecule has 2 N–H and O–H groups in total. The summed E-state index contributed by atoms with van der Waals surface area (Å²) in [4.78, 5) is 22.4. The number of rotatable bonds is 5. The second kappa shape index (κ2) is 4.43. The van der Waals surface area contributed by atoms with Crippen LogP contribution in [0, 0.1) is 5.41 Å². The fraction of sp³-hybridized carbons (Fsp3) is 0.636. The Labute approximate surface area is 97.7 Å². The Morgan fingerprint density at radius 1 is 1.53 bits per heavy atom. The number of amides is 1. The van der Waals surface area contributed by atoms with Crippen molar-refractivity contribution < 1.29 is 23.5 Å². The third-order valence-corrected chi connectivity index (χ3v) is 2.97. The van der Waals surface area contributed by atoms with Gasteiger partial charge in [0, 0.05) is 6.42 Å². The lowest BCUT2D eigenvalue weighted by atomic mass is 10.1. The fourth-order valence-electron chi connectivity index (χ4n) is 1.46. The maximum atomic E-state index is 12.9. The first-order chi connectivity index (χ1) is 7.74. The van der Waals surface area contributed by atoms with Crippen molar-refractivity contribution in [1.82, 2.24) is 5.32 Å². The third-order valence-electron chi connectivity index (χ3n) is 2.97. The zero-order valence-corrected chi connectivity index (χ0v) is 9.67. The highest BCUT2D eigenvalue weighted by Gasteiger charge is 2.72. The summed E-state index contributed by atoms with van der Waals surface area (Å²) in [6, 6.07) is -1.16. The number of aliphatic carboxylic acids is 1. The molecule has 0 aromatic carbocycles. The van der Waals surface area contributed by atoms with Crippen molar-refractivity contribution >= 4 is 11.9 Å². The predicted molar refractivity (Wildman–Crippen MR) is 56.7 cm³/mol. The topological polar surface area (TPSA) is 66.4 Å². The monoisotopic (exact) mass is 247 g/mol. The average Bonchev–Trinajstić information content (AvgIpc) is 2.73. The van der Waals surface area contributed by atoms with E-state index in [-0.39, 0.29) is 6.42 Å². The molecule has 2 unspecified atom stereocenters. The van der Waals surface area contributed by atoms with Gasteiger partial charge in [0.2, 0.25) is 5.91 Å². The van der Waals surface area contributed by atoms with E-state index in [2.05, 4.69) is 5.32 Å². The minimum absolute atomic E-state index is 0.0826. The second-order valence-electron chi connectivity index (χ2n) is 4.38. The van der Waals surface area contributed by atoms with Crippen LogP contribution in [-0.2, 0) is 9.59 Å². The fourth-order valence-corrected chi connectivity index (χ4v) is 1.46.